The summed E-state index contributed by atoms with van der Waals surface area (Å²) in [6.45, 7) is 6.63. The van der Waals surface area contributed by atoms with Crippen molar-refractivity contribution in [3.63, 3.8) is 0 Å². The van der Waals surface area contributed by atoms with E-state index in [0.29, 0.717) is 6.54 Å². The zero-order valence-corrected chi connectivity index (χ0v) is 9.40. The van der Waals surface area contributed by atoms with Crippen molar-refractivity contribution in [3.8, 4) is 0 Å². The first-order valence-electron chi connectivity index (χ1n) is 4.50. The van der Waals surface area contributed by atoms with Gasteiger partial charge in [-0.25, -0.2) is 0 Å². The molecule has 0 atom stereocenters. The summed E-state index contributed by atoms with van der Waals surface area (Å²) < 4.78 is 0. The molecule has 0 saturated heterocycles. The van der Waals surface area contributed by atoms with Crippen molar-refractivity contribution in [2.24, 2.45) is 0 Å². The largest absolute Gasteiger partial charge is 0.338 e. The molecular formula is C11H14ClNO. The summed E-state index contributed by atoms with van der Waals surface area (Å²) in [4.78, 5) is 10.6. The van der Waals surface area contributed by atoms with E-state index in [1.54, 1.807) is 0 Å². The van der Waals surface area contributed by atoms with Gasteiger partial charge in [-0.15, -0.1) is 0 Å². The smallest absolute Gasteiger partial charge is 0.314 e. The minimum atomic E-state index is -0.510. The van der Waals surface area contributed by atoms with Crippen LogP contribution in [0.5, 0.6) is 0 Å². The van der Waals surface area contributed by atoms with Gasteiger partial charge in [0, 0.05) is 6.54 Å². The summed E-state index contributed by atoms with van der Waals surface area (Å²) in [5.74, 6) is 0. The van der Waals surface area contributed by atoms with Gasteiger partial charge in [0.05, 0.1) is 0 Å². The molecule has 1 aromatic rings. The average Bonchev–Trinajstić information content (AvgIpc) is 2.01. The number of nitrogens with one attached hydrogen (secondary N) is 1. The zero-order chi connectivity index (χ0) is 10.7. The van der Waals surface area contributed by atoms with Crippen LogP contribution in [0.4, 0.5) is 4.79 Å². The topological polar surface area (TPSA) is 29.1 Å². The van der Waals surface area contributed by atoms with E-state index < -0.39 is 5.37 Å². The van der Waals surface area contributed by atoms with Gasteiger partial charge in [0.2, 0.25) is 0 Å². The van der Waals surface area contributed by atoms with Crippen LogP contribution in [0.25, 0.3) is 0 Å². The van der Waals surface area contributed by atoms with E-state index in [4.69, 9.17) is 11.6 Å². The highest BCUT2D eigenvalue weighted by Gasteiger charge is 2.04. The molecule has 0 radical (unpaired) electrons. The van der Waals surface area contributed by atoms with Crippen molar-refractivity contribution in [1.29, 1.82) is 0 Å². The van der Waals surface area contributed by atoms with E-state index in [9.17, 15) is 4.79 Å². The van der Waals surface area contributed by atoms with Crippen LogP contribution in [0.15, 0.2) is 12.1 Å². The van der Waals surface area contributed by atoms with E-state index >= 15 is 0 Å². The summed E-state index contributed by atoms with van der Waals surface area (Å²) in [6.07, 6.45) is 0. The van der Waals surface area contributed by atoms with Crippen LogP contribution in [0, 0.1) is 20.8 Å². The van der Waals surface area contributed by atoms with Gasteiger partial charge in [-0.05, 0) is 49.1 Å². The van der Waals surface area contributed by atoms with Crippen molar-refractivity contribution in [2.45, 2.75) is 27.3 Å². The lowest BCUT2D eigenvalue weighted by atomic mass is 10.00. The first-order valence-corrected chi connectivity index (χ1v) is 4.88. The van der Waals surface area contributed by atoms with E-state index in [1.165, 1.54) is 16.7 Å². The van der Waals surface area contributed by atoms with Crippen molar-refractivity contribution in [3.05, 3.63) is 34.4 Å². The Morgan fingerprint density at radius 1 is 1.29 bits per heavy atom. The maximum Gasteiger partial charge on any atom is 0.314 e. The third-order valence-corrected chi connectivity index (χ3v) is 2.38. The lowest BCUT2D eigenvalue weighted by molar-refractivity contribution is 0.259. The molecule has 14 heavy (non-hydrogen) atoms. The second-order valence-corrected chi connectivity index (χ2v) is 3.85. The highest BCUT2D eigenvalue weighted by Crippen LogP contribution is 2.15. The number of carbonyl (C=O) groups excluding carboxylic acids is 1. The average molecular weight is 212 g/mol. The number of amides is 1. The second kappa shape index (κ2) is 4.47. The van der Waals surface area contributed by atoms with Gasteiger partial charge in [0.1, 0.15) is 0 Å². The molecule has 0 aromatic heterocycles. The molecule has 0 aliphatic heterocycles. The molecule has 0 unspecified atom stereocenters. The summed E-state index contributed by atoms with van der Waals surface area (Å²) >= 11 is 5.21. The van der Waals surface area contributed by atoms with Crippen molar-refractivity contribution in [2.75, 3.05) is 0 Å². The summed E-state index contributed by atoms with van der Waals surface area (Å²) in [6, 6.07) is 4.20. The van der Waals surface area contributed by atoms with Gasteiger partial charge >= 0.3 is 5.37 Å². The normalized spacial score (nSPS) is 10.0. The van der Waals surface area contributed by atoms with Crippen LogP contribution in [0.2, 0.25) is 0 Å². The number of hydrogen-bond acceptors (Lipinski definition) is 1. The number of carbonyl (C=O) groups is 1. The van der Waals surface area contributed by atoms with Crippen LogP contribution in [0.1, 0.15) is 22.3 Å². The maximum atomic E-state index is 10.6. The second-order valence-electron chi connectivity index (χ2n) is 3.50. The van der Waals surface area contributed by atoms with E-state index in [2.05, 4.69) is 24.4 Å². The van der Waals surface area contributed by atoms with Crippen LogP contribution in [0.3, 0.4) is 0 Å². The fourth-order valence-electron chi connectivity index (χ4n) is 1.65. The van der Waals surface area contributed by atoms with E-state index in [-0.39, 0.29) is 0 Å². The third-order valence-electron chi connectivity index (χ3n) is 2.24. The third kappa shape index (κ3) is 2.74. The maximum absolute atomic E-state index is 10.6. The number of halogens is 1. The Kier molecular flexibility index (Phi) is 3.53. The summed E-state index contributed by atoms with van der Waals surface area (Å²) in [5.41, 5.74) is 4.76. The zero-order valence-electron chi connectivity index (χ0n) is 8.65. The van der Waals surface area contributed by atoms with Gasteiger partial charge in [0.15, 0.2) is 0 Å². The first kappa shape index (κ1) is 11.1. The lowest BCUT2D eigenvalue weighted by Gasteiger charge is -2.10. The molecule has 0 spiro atoms. The van der Waals surface area contributed by atoms with Crippen molar-refractivity contribution in [1.82, 2.24) is 5.32 Å². The predicted octanol–water partition coefficient (Wildman–Crippen LogP) is 3.06. The summed E-state index contributed by atoms with van der Waals surface area (Å²) in [7, 11) is 0. The molecule has 0 aliphatic rings. The lowest BCUT2D eigenvalue weighted by Crippen LogP contribution is -2.17. The van der Waals surface area contributed by atoms with Gasteiger partial charge < -0.3 is 5.32 Å². The standard InChI is InChI=1S/C11H14ClNO/c1-7-4-8(2)10(9(3)5-7)6-13-11(12)14/h4-5H,6H2,1-3H3,(H,13,14). The number of aryl methyl sites for hydroxylation is 3. The molecule has 0 fully saturated rings. The molecule has 1 amide bonds. The molecule has 0 heterocycles. The molecule has 1 N–H and O–H groups in total. The Balaban J connectivity index is 2.91. The highest BCUT2D eigenvalue weighted by atomic mass is 35.5. The Hall–Kier alpha value is -1.02. The predicted molar refractivity (Wildman–Crippen MR) is 58.7 cm³/mol. The first-order chi connectivity index (χ1) is 6.50. The molecule has 2 nitrogen and oxygen atoms in total. The van der Waals surface area contributed by atoms with E-state index in [1.807, 2.05) is 13.8 Å². The minimum Gasteiger partial charge on any atom is -0.338 e. The van der Waals surface area contributed by atoms with Crippen LogP contribution in [-0.4, -0.2) is 5.37 Å². The molecule has 0 aliphatic carbocycles. The van der Waals surface area contributed by atoms with Crippen molar-refractivity contribution < 1.29 is 4.79 Å². The SMILES string of the molecule is Cc1cc(C)c(CNC(=O)Cl)c(C)c1. The molecular weight excluding hydrogens is 198 g/mol. The molecule has 0 saturated carbocycles. The molecule has 3 heteroatoms. The number of rotatable bonds is 2. The van der Waals surface area contributed by atoms with Gasteiger partial charge in [0.25, 0.3) is 0 Å². The fourth-order valence-corrected chi connectivity index (χ4v) is 1.71. The van der Waals surface area contributed by atoms with Gasteiger partial charge in [-0.3, -0.25) is 4.79 Å². The molecule has 1 rings (SSSR count). The Labute approximate surface area is 89.3 Å². The Morgan fingerprint density at radius 3 is 2.21 bits per heavy atom. The van der Waals surface area contributed by atoms with E-state index in [0.717, 1.165) is 5.56 Å². The Morgan fingerprint density at radius 2 is 1.79 bits per heavy atom. The molecule has 76 valence electrons. The quantitative estimate of drug-likeness (QED) is 0.591. The number of hydrogen-bond donors (Lipinski definition) is 1. The van der Waals surface area contributed by atoms with Gasteiger partial charge in [-0.2, -0.15) is 0 Å². The number of benzene rings is 1. The van der Waals surface area contributed by atoms with Crippen molar-refractivity contribution >= 4 is 17.0 Å². The van der Waals surface area contributed by atoms with Crippen LogP contribution >= 0.6 is 11.6 Å². The molecule has 1 aromatic carbocycles. The highest BCUT2D eigenvalue weighted by molar-refractivity contribution is 6.62. The Bertz CT molecular complexity index is 337. The minimum absolute atomic E-state index is 0.500. The summed E-state index contributed by atoms with van der Waals surface area (Å²) in [5, 5.41) is 2.08. The van der Waals surface area contributed by atoms with Crippen LogP contribution in [-0.2, 0) is 6.54 Å². The van der Waals surface area contributed by atoms with Gasteiger partial charge in [-0.1, -0.05) is 17.7 Å². The molecule has 0 bridgehead atoms. The van der Waals surface area contributed by atoms with Crippen LogP contribution < -0.4 is 5.32 Å². The monoisotopic (exact) mass is 211 g/mol. The fraction of sp³-hybridized carbons (Fsp3) is 0.364.